The maximum Gasteiger partial charge on any atom is 0.123 e. The number of thioether (sulfide) groups is 1. The molecular formula is C13H21NO2S. The van der Waals surface area contributed by atoms with Crippen LogP contribution in [0.5, 0.6) is 11.5 Å². The Hall–Kier alpha value is -0.870. The van der Waals surface area contributed by atoms with Crippen LogP contribution in [0.1, 0.15) is 12.5 Å². The molecule has 17 heavy (non-hydrogen) atoms. The van der Waals surface area contributed by atoms with E-state index in [9.17, 15) is 0 Å². The Labute approximate surface area is 108 Å². The molecule has 1 atom stereocenters. The monoisotopic (exact) mass is 255 g/mol. The van der Waals surface area contributed by atoms with Crippen molar-refractivity contribution in [3.8, 4) is 11.5 Å². The zero-order chi connectivity index (χ0) is 12.7. The smallest absolute Gasteiger partial charge is 0.123 e. The zero-order valence-corrected chi connectivity index (χ0v) is 11.8. The standard InChI is InChI=1S/C13H21NO2S/c1-10(17-4)8-14-9-11-7-12(15-2)5-6-13(11)16-3/h5-7,10,14H,8-9H2,1-4H3. The molecule has 0 fully saturated rings. The van der Waals surface area contributed by atoms with Crippen molar-refractivity contribution in [1.29, 1.82) is 0 Å². The molecule has 1 rings (SSSR count). The van der Waals surface area contributed by atoms with Crippen LogP contribution < -0.4 is 14.8 Å². The first kappa shape index (κ1) is 14.2. The van der Waals surface area contributed by atoms with E-state index in [-0.39, 0.29) is 0 Å². The van der Waals surface area contributed by atoms with E-state index in [1.165, 1.54) is 0 Å². The van der Waals surface area contributed by atoms with Gasteiger partial charge in [0, 0.05) is 23.9 Å². The average molecular weight is 255 g/mol. The Morgan fingerprint density at radius 1 is 1.29 bits per heavy atom. The minimum Gasteiger partial charge on any atom is -0.497 e. The highest BCUT2D eigenvalue weighted by Crippen LogP contribution is 2.23. The number of ether oxygens (including phenoxy) is 2. The number of hydrogen-bond acceptors (Lipinski definition) is 4. The van der Waals surface area contributed by atoms with Crippen molar-refractivity contribution in [3.63, 3.8) is 0 Å². The van der Waals surface area contributed by atoms with Gasteiger partial charge in [0.25, 0.3) is 0 Å². The molecule has 0 aliphatic heterocycles. The summed E-state index contributed by atoms with van der Waals surface area (Å²) in [6.07, 6.45) is 2.12. The second kappa shape index (κ2) is 7.45. The second-order valence-corrected chi connectivity index (χ2v) is 5.13. The van der Waals surface area contributed by atoms with E-state index in [1.807, 2.05) is 30.0 Å². The van der Waals surface area contributed by atoms with Crippen molar-refractivity contribution in [2.45, 2.75) is 18.7 Å². The van der Waals surface area contributed by atoms with E-state index >= 15 is 0 Å². The van der Waals surface area contributed by atoms with E-state index < -0.39 is 0 Å². The van der Waals surface area contributed by atoms with E-state index in [1.54, 1.807) is 14.2 Å². The third-order valence-electron chi connectivity index (χ3n) is 2.64. The molecule has 0 saturated heterocycles. The van der Waals surface area contributed by atoms with Gasteiger partial charge in [0.1, 0.15) is 11.5 Å². The normalized spacial score (nSPS) is 12.2. The quantitative estimate of drug-likeness (QED) is 0.811. The average Bonchev–Trinajstić information content (AvgIpc) is 2.38. The highest BCUT2D eigenvalue weighted by atomic mass is 32.2. The Balaban J connectivity index is 2.61. The molecule has 0 amide bonds. The lowest BCUT2D eigenvalue weighted by atomic mass is 10.2. The molecule has 1 aromatic carbocycles. The molecule has 0 bridgehead atoms. The van der Waals surface area contributed by atoms with Crippen molar-refractivity contribution >= 4 is 11.8 Å². The van der Waals surface area contributed by atoms with Crippen LogP contribution in [0.3, 0.4) is 0 Å². The van der Waals surface area contributed by atoms with Crippen LogP contribution in [0, 0.1) is 0 Å². The summed E-state index contributed by atoms with van der Waals surface area (Å²) in [6, 6.07) is 5.86. The molecule has 1 unspecified atom stereocenters. The fourth-order valence-corrected chi connectivity index (χ4v) is 1.80. The topological polar surface area (TPSA) is 30.5 Å². The van der Waals surface area contributed by atoms with Gasteiger partial charge < -0.3 is 14.8 Å². The van der Waals surface area contributed by atoms with Crippen molar-refractivity contribution in [2.24, 2.45) is 0 Å². The highest BCUT2D eigenvalue weighted by molar-refractivity contribution is 7.99. The Morgan fingerprint density at radius 2 is 2.06 bits per heavy atom. The van der Waals surface area contributed by atoms with Crippen LogP contribution in [0.15, 0.2) is 18.2 Å². The maximum atomic E-state index is 5.33. The first-order valence-electron chi connectivity index (χ1n) is 5.65. The third kappa shape index (κ3) is 4.48. The van der Waals surface area contributed by atoms with E-state index in [4.69, 9.17) is 9.47 Å². The molecule has 4 heteroatoms. The molecule has 0 aliphatic rings. The van der Waals surface area contributed by atoms with Crippen LogP contribution in [0.4, 0.5) is 0 Å². The fraction of sp³-hybridized carbons (Fsp3) is 0.538. The summed E-state index contributed by atoms with van der Waals surface area (Å²) < 4.78 is 10.5. The maximum absolute atomic E-state index is 5.33. The van der Waals surface area contributed by atoms with Gasteiger partial charge in [-0.1, -0.05) is 6.92 Å². The molecule has 0 spiro atoms. The third-order valence-corrected chi connectivity index (χ3v) is 3.61. The van der Waals surface area contributed by atoms with Gasteiger partial charge in [-0.05, 0) is 24.5 Å². The zero-order valence-electron chi connectivity index (χ0n) is 10.9. The number of hydrogen-bond donors (Lipinski definition) is 1. The van der Waals surface area contributed by atoms with Gasteiger partial charge in [0.15, 0.2) is 0 Å². The van der Waals surface area contributed by atoms with Gasteiger partial charge >= 0.3 is 0 Å². The van der Waals surface area contributed by atoms with Crippen molar-refractivity contribution in [2.75, 3.05) is 27.0 Å². The summed E-state index contributed by atoms with van der Waals surface area (Å²) in [7, 11) is 3.37. The predicted molar refractivity (Wildman–Crippen MR) is 74.2 cm³/mol. The van der Waals surface area contributed by atoms with Crippen LogP contribution in [-0.4, -0.2) is 32.3 Å². The lowest BCUT2D eigenvalue weighted by Gasteiger charge is -2.13. The molecule has 0 saturated carbocycles. The summed E-state index contributed by atoms with van der Waals surface area (Å²) in [4.78, 5) is 0. The molecule has 3 nitrogen and oxygen atoms in total. The lowest BCUT2D eigenvalue weighted by Crippen LogP contribution is -2.22. The van der Waals surface area contributed by atoms with E-state index in [2.05, 4.69) is 18.5 Å². The molecule has 0 aliphatic carbocycles. The van der Waals surface area contributed by atoms with Crippen molar-refractivity contribution < 1.29 is 9.47 Å². The van der Waals surface area contributed by atoms with Crippen LogP contribution >= 0.6 is 11.8 Å². The van der Waals surface area contributed by atoms with Crippen molar-refractivity contribution in [1.82, 2.24) is 5.32 Å². The van der Waals surface area contributed by atoms with Crippen LogP contribution in [-0.2, 0) is 6.54 Å². The summed E-state index contributed by atoms with van der Waals surface area (Å²) in [6.45, 7) is 3.99. The van der Waals surface area contributed by atoms with Gasteiger partial charge in [0.2, 0.25) is 0 Å². The number of nitrogens with one attached hydrogen (secondary N) is 1. The van der Waals surface area contributed by atoms with Gasteiger partial charge in [-0.15, -0.1) is 0 Å². The SMILES string of the molecule is COc1ccc(OC)c(CNCC(C)SC)c1. The number of rotatable bonds is 7. The number of methoxy groups -OCH3 is 2. The fourth-order valence-electron chi connectivity index (χ4n) is 1.51. The molecule has 0 radical (unpaired) electrons. The lowest BCUT2D eigenvalue weighted by molar-refractivity contribution is 0.397. The van der Waals surface area contributed by atoms with Gasteiger partial charge in [-0.2, -0.15) is 11.8 Å². The number of benzene rings is 1. The molecule has 1 N–H and O–H groups in total. The molecule has 1 aromatic rings. The Kier molecular flexibility index (Phi) is 6.22. The predicted octanol–water partition coefficient (Wildman–Crippen LogP) is 2.54. The van der Waals surface area contributed by atoms with E-state index in [0.717, 1.165) is 30.2 Å². The van der Waals surface area contributed by atoms with Gasteiger partial charge in [-0.3, -0.25) is 0 Å². The van der Waals surface area contributed by atoms with Crippen LogP contribution in [0.2, 0.25) is 0 Å². The Bertz CT molecular complexity index is 344. The Morgan fingerprint density at radius 3 is 2.65 bits per heavy atom. The summed E-state index contributed by atoms with van der Waals surface area (Å²) in [5.74, 6) is 1.76. The first-order valence-corrected chi connectivity index (χ1v) is 6.94. The first-order chi connectivity index (χ1) is 8.21. The van der Waals surface area contributed by atoms with Gasteiger partial charge in [0.05, 0.1) is 14.2 Å². The summed E-state index contributed by atoms with van der Waals surface area (Å²) in [5.41, 5.74) is 1.13. The van der Waals surface area contributed by atoms with Gasteiger partial charge in [-0.25, -0.2) is 0 Å². The largest absolute Gasteiger partial charge is 0.497 e. The van der Waals surface area contributed by atoms with Crippen LogP contribution in [0.25, 0.3) is 0 Å². The van der Waals surface area contributed by atoms with E-state index in [0.29, 0.717) is 5.25 Å². The molecule has 96 valence electrons. The molecular weight excluding hydrogens is 234 g/mol. The minimum atomic E-state index is 0.617. The van der Waals surface area contributed by atoms with Crippen molar-refractivity contribution in [3.05, 3.63) is 23.8 Å². The second-order valence-electron chi connectivity index (χ2n) is 3.85. The summed E-state index contributed by atoms with van der Waals surface area (Å²) in [5, 5.41) is 4.04. The summed E-state index contributed by atoms with van der Waals surface area (Å²) >= 11 is 1.86. The molecule has 0 heterocycles. The minimum absolute atomic E-state index is 0.617. The highest BCUT2D eigenvalue weighted by Gasteiger charge is 2.05. The molecule has 0 aromatic heterocycles.